The van der Waals surface area contributed by atoms with E-state index in [0.717, 1.165) is 10.9 Å². The smallest absolute Gasteiger partial charge is 0.0613 e. The molecule has 0 atom stereocenters. The predicted octanol–water partition coefficient (Wildman–Crippen LogP) is 2.10. The fourth-order valence-corrected chi connectivity index (χ4v) is 0.984. The molecule has 0 spiro atoms. The summed E-state index contributed by atoms with van der Waals surface area (Å²) in [7, 11) is 0. The second-order valence-corrected chi connectivity index (χ2v) is 2.90. The van der Waals surface area contributed by atoms with E-state index >= 15 is 0 Å². The zero-order valence-electron chi connectivity index (χ0n) is 5.39. The zero-order valence-corrected chi connectivity index (χ0v) is 6.98. The minimum atomic E-state index is 0. The van der Waals surface area contributed by atoms with Crippen molar-refractivity contribution in [2.75, 3.05) is 0 Å². The first-order valence-electron chi connectivity index (χ1n) is 3.07. The Bertz CT molecular complexity index is 181. The summed E-state index contributed by atoms with van der Waals surface area (Å²) in [6, 6.07) is 8.39. The third-order valence-electron chi connectivity index (χ3n) is 1.32. The van der Waals surface area contributed by atoms with E-state index in [1.807, 2.05) is 0 Å². The lowest BCUT2D eigenvalue weighted by molar-refractivity contribution is 1.14. The van der Waals surface area contributed by atoms with Crippen molar-refractivity contribution in [3.05, 3.63) is 34.3 Å². The van der Waals surface area contributed by atoms with E-state index < -0.39 is 0 Å². The number of benzene rings is 1. The summed E-state index contributed by atoms with van der Waals surface area (Å²) in [6.07, 6.45) is 1.12. The van der Waals surface area contributed by atoms with Gasteiger partial charge < -0.3 is 0 Å². The summed E-state index contributed by atoms with van der Waals surface area (Å²) < 4.78 is 1.15. The zero-order chi connectivity index (χ0) is 6.69. The Labute approximate surface area is 86.3 Å². The van der Waals surface area contributed by atoms with Gasteiger partial charge in [0.25, 0.3) is 0 Å². The molecule has 0 radical (unpaired) electrons. The Morgan fingerprint density at radius 1 is 1.20 bits per heavy atom. The minimum absolute atomic E-state index is 0. The molecule has 0 heterocycles. The second kappa shape index (κ2) is 5.16. The summed E-state index contributed by atoms with van der Waals surface area (Å²) >= 11 is 3.37. The van der Waals surface area contributed by atoms with Gasteiger partial charge in [-0.25, -0.2) is 0 Å². The van der Waals surface area contributed by atoms with Gasteiger partial charge in [0.1, 0.15) is 0 Å². The molecule has 1 aromatic rings. The highest BCUT2D eigenvalue weighted by atomic mass is 79.9. The Kier molecular flexibility index (Phi) is 5.40. The molecule has 0 amide bonds. The van der Waals surface area contributed by atoms with Gasteiger partial charge in [-0.05, 0) is 24.1 Å². The maximum atomic E-state index is 3.37. The highest BCUT2D eigenvalue weighted by Gasteiger charge is 1.86. The molecule has 0 aliphatic carbocycles. The number of hydrogen-bond donors (Lipinski definition) is 0. The lowest BCUT2D eigenvalue weighted by atomic mass is 10.2. The molecule has 0 saturated heterocycles. The largest absolute Gasteiger partial charge is 0.316 e. The van der Waals surface area contributed by atoms with Gasteiger partial charge in [0, 0.05) is 4.47 Å². The highest BCUT2D eigenvalue weighted by Crippen LogP contribution is 2.10. The van der Waals surface area contributed by atoms with Crippen LogP contribution in [0.15, 0.2) is 28.7 Å². The average Bonchev–Trinajstić information content (AvgIpc) is 1.90. The molecule has 52 valence electrons. The molecule has 0 nitrogen and oxygen atoms in total. The molecule has 0 saturated carbocycles. The fraction of sp³-hybridized carbons (Fsp3) is 0.250. The van der Waals surface area contributed by atoms with Gasteiger partial charge in [0.05, 0.1) is 0 Å². The molecular weight excluding hydrogens is 200 g/mol. The van der Waals surface area contributed by atoms with E-state index in [9.17, 15) is 0 Å². The van der Waals surface area contributed by atoms with Crippen molar-refractivity contribution in [2.24, 2.45) is 0 Å². The number of rotatable bonds is 1. The highest BCUT2D eigenvalue weighted by molar-refractivity contribution is 9.10. The maximum Gasteiger partial charge on any atom is 0.316 e. The first-order valence-corrected chi connectivity index (χ1v) is 3.86. The van der Waals surface area contributed by atoms with E-state index in [2.05, 4.69) is 47.1 Å². The predicted molar refractivity (Wildman–Crippen MR) is 52.1 cm³/mol. The molecule has 0 fully saturated rings. The molecule has 0 bridgehead atoms. The molecule has 1 aromatic carbocycles. The normalized spacial score (nSPS) is 8.60. The van der Waals surface area contributed by atoms with Crippen molar-refractivity contribution >= 4 is 39.0 Å². The summed E-state index contributed by atoms with van der Waals surface area (Å²) in [6.45, 7) is 2.16. The van der Waals surface area contributed by atoms with Crippen LogP contribution in [-0.4, -0.2) is 23.1 Å². The van der Waals surface area contributed by atoms with E-state index in [1.54, 1.807) is 0 Å². The van der Waals surface area contributed by atoms with Gasteiger partial charge in [-0.2, -0.15) is 0 Å². The summed E-state index contributed by atoms with van der Waals surface area (Å²) in [4.78, 5) is 0. The molecule has 0 aliphatic rings. The second-order valence-electron chi connectivity index (χ2n) is 1.98. The summed E-state index contributed by atoms with van der Waals surface area (Å²) in [5.41, 5.74) is 1.39. The van der Waals surface area contributed by atoms with Crippen molar-refractivity contribution < 1.29 is 0 Å². The Morgan fingerprint density at radius 2 is 1.70 bits per heavy atom. The SMILES string of the molecule is CCc1ccc(Br)cc1.[MgH2]. The molecular formula is C8H11BrMg. The third kappa shape index (κ3) is 3.04. The van der Waals surface area contributed by atoms with E-state index in [4.69, 9.17) is 0 Å². The first kappa shape index (κ1) is 10.5. The standard InChI is InChI=1S/C8H9Br.Mg.2H/c1-2-7-3-5-8(9)6-4-7;;;/h3-6H,2H2,1H3;;;. The van der Waals surface area contributed by atoms with Gasteiger partial charge in [-0.1, -0.05) is 35.0 Å². The van der Waals surface area contributed by atoms with Crippen LogP contribution in [0.1, 0.15) is 12.5 Å². The van der Waals surface area contributed by atoms with Crippen LogP contribution >= 0.6 is 15.9 Å². The number of halogens is 1. The van der Waals surface area contributed by atoms with Crippen molar-refractivity contribution in [1.29, 1.82) is 0 Å². The van der Waals surface area contributed by atoms with Crippen LogP contribution in [0.4, 0.5) is 0 Å². The lowest BCUT2D eigenvalue weighted by Crippen LogP contribution is -1.75. The third-order valence-corrected chi connectivity index (χ3v) is 1.85. The fourth-order valence-electron chi connectivity index (χ4n) is 0.720. The van der Waals surface area contributed by atoms with E-state index in [1.165, 1.54) is 5.56 Å². The van der Waals surface area contributed by atoms with Gasteiger partial charge >= 0.3 is 23.1 Å². The molecule has 2 heteroatoms. The van der Waals surface area contributed by atoms with Gasteiger partial charge in [0.15, 0.2) is 0 Å². The van der Waals surface area contributed by atoms with Crippen LogP contribution in [0, 0.1) is 0 Å². The Morgan fingerprint density at radius 3 is 2.10 bits per heavy atom. The molecule has 0 aromatic heterocycles. The minimum Gasteiger partial charge on any atom is -0.0613 e. The maximum absolute atomic E-state index is 3.37. The first-order chi connectivity index (χ1) is 4.33. The van der Waals surface area contributed by atoms with Gasteiger partial charge in [0.2, 0.25) is 0 Å². The Balaban J connectivity index is 0.000000810. The van der Waals surface area contributed by atoms with Crippen molar-refractivity contribution in [1.82, 2.24) is 0 Å². The Hall–Kier alpha value is 0.466. The van der Waals surface area contributed by atoms with Crippen molar-refractivity contribution in [3.8, 4) is 0 Å². The van der Waals surface area contributed by atoms with Crippen LogP contribution in [0.2, 0.25) is 0 Å². The molecule has 0 unspecified atom stereocenters. The topological polar surface area (TPSA) is 0 Å². The average molecular weight is 211 g/mol. The van der Waals surface area contributed by atoms with Gasteiger partial charge in [-0.15, -0.1) is 0 Å². The van der Waals surface area contributed by atoms with E-state index in [0.29, 0.717) is 0 Å². The number of aryl methyl sites for hydroxylation is 1. The molecule has 1 rings (SSSR count). The number of hydrogen-bond acceptors (Lipinski definition) is 0. The van der Waals surface area contributed by atoms with Crippen LogP contribution < -0.4 is 0 Å². The molecule has 0 N–H and O–H groups in total. The quantitative estimate of drug-likeness (QED) is 0.624. The lowest BCUT2D eigenvalue weighted by Gasteiger charge is -1.93. The van der Waals surface area contributed by atoms with Crippen molar-refractivity contribution in [2.45, 2.75) is 13.3 Å². The van der Waals surface area contributed by atoms with Crippen LogP contribution in [0.25, 0.3) is 0 Å². The van der Waals surface area contributed by atoms with Crippen LogP contribution in [-0.2, 0) is 6.42 Å². The van der Waals surface area contributed by atoms with E-state index in [-0.39, 0.29) is 23.1 Å². The monoisotopic (exact) mass is 210 g/mol. The molecule has 10 heavy (non-hydrogen) atoms. The van der Waals surface area contributed by atoms with Crippen LogP contribution in [0.5, 0.6) is 0 Å². The summed E-state index contributed by atoms with van der Waals surface area (Å²) in [5.74, 6) is 0. The van der Waals surface area contributed by atoms with Crippen LogP contribution in [0.3, 0.4) is 0 Å². The molecule has 0 aliphatic heterocycles. The summed E-state index contributed by atoms with van der Waals surface area (Å²) in [5, 5.41) is 0. The van der Waals surface area contributed by atoms with Crippen molar-refractivity contribution in [3.63, 3.8) is 0 Å². The van der Waals surface area contributed by atoms with Gasteiger partial charge in [-0.3, -0.25) is 0 Å².